The van der Waals surface area contributed by atoms with Crippen LogP contribution in [-0.4, -0.2) is 71.6 Å². The number of hydrogen-bond donors (Lipinski definition) is 4. The molecule has 55 heavy (non-hydrogen) atoms. The zero-order valence-electron chi connectivity index (χ0n) is 32.9. The molecule has 300 valence electrons. The smallest absolute Gasteiger partial charge is 0.323 e. The number of hydrogen-bond acceptors (Lipinski definition) is 16. The van der Waals surface area contributed by atoms with E-state index >= 15 is 0 Å². The van der Waals surface area contributed by atoms with E-state index in [1.165, 1.54) is 51.4 Å². The van der Waals surface area contributed by atoms with Gasteiger partial charge in [0.25, 0.3) is 0 Å². The Morgan fingerprint density at radius 1 is 0.545 bits per heavy atom. The van der Waals surface area contributed by atoms with Crippen LogP contribution in [0.2, 0.25) is 0 Å². The topological polar surface area (TPSA) is 209 Å². The first-order valence-electron chi connectivity index (χ1n) is 19.0. The number of nitrogens with zero attached hydrogens (tertiary/aromatic N) is 6. The first-order chi connectivity index (χ1) is 26.8. The van der Waals surface area contributed by atoms with Crippen LogP contribution in [0.1, 0.15) is 88.7 Å². The number of unbranched alkanes of at least 4 members (excludes halogenated alkanes) is 9. The van der Waals surface area contributed by atoms with Crippen molar-refractivity contribution >= 4 is 23.8 Å². The maximum atomic E-state index is 6.11. The molecule has 0 radical (unpaired) electrons. The molecule has 2 heterocycles. The zero-order chi connectivity index (χ0) is 39.3. The molecule has 0 spiro atoms. The fourth-order valence-electron chi connectivity index (χ4n) is 5.90. The summed E-state index contributed by atoms with van der Waals surface area (Å²) >= 11 is 0. The summed E-state index contributed by atoms with van der Waals surface area (Å²) in [7, 11) is 6.43. The predicted octanol–water partition coefficient (Wildman–Crippen LogP) is 6.86. The van der Waals surface area contributed by atoms with Crippen LogP contribution in [0.25, 0.3) is 0 Å². The normalized spacial score (nSPS) is 10.9. The number of benzene rings is 2. The van der Waals surface area contributed by atoms with Crippen LogP contribution in [0.4, 0.5) is 23.8 Å². The van der Waals surface area contributed by atoms with Crippen molar-refractivity contribution in [1.29, 1.82) is 0 Å². The lowest BCUT2D eigenvalue weighted by atomic mass is 10.0. The molecule has 4 rings (SSSR count). The van der Waals surface area contributed by atoms with Crippen molar-refractivity contribution < 1.29 is 28.4 Å². The van der Waals surface area contributed by atoms with Crippen LogP contribution in [0, 0.1) is 5.92 Å². The lowest BCUT2D eigenvalue weighted by Crippen LogP contribution is -2.22. The first kappa shape index (κ1) is 42.2. The highest BCUT2D eigenvalue weighted by Gasteiger charge is 2.16. The van der Waals surface area contributed by atoms with Crippen molar-refractivity contribution in [3.05, 3.63) is 47.5 Å². The van der Waals surface area contributed by atoms with Gasteiger partial charge in [0.15, 0.2) is 0 Å². The summed E-state index contributed by atoms with van der Waals surface area (Å²) in [6, 6.07) is 11.4. The molecule has 2 aromatic heterocycles. The molecule has 6 N–H and O–H groups in total. The van der Waals surface area contributed by atoms with Gasteiger partial charge in [-0.3, -0.25) is 0 Å². The Labute approximate surface area is 324 Å². The zero-order valence-corrected chi connectivity index (χ0v) is 32.9. The van der Waals surface area contributed by atoms with E-state index in [0.717, 1.165) is 30.4 Å². The summed E-state index contributed by atoms with van der Waals surface area (Å²) in [6.07, 6.45) is 13.3. The molecule has 0 saturated carbocycles. The molecular weight excluding hydrogens is 704 g/mol. The van der Waals surface area contributed by atoms with Gasteiger partial charge in [-0.25, -0.2) is 0 Å². The van der Waals surface area contributed by atoms with Gasteiger partial charge in [0, 0.05) is 42.3 Å². The standard InChI is InChI=1S/C39H58N10O6/c1-6-7-8-9-10-11-12-13-14-15-16-27(25-54-38-46-34(40)44-36(48-38)42-23-28-17-19-30(50-2)21-32(28)52-4)26-55-39-47-35(41)45-37(49-39)43-24-29-18-20-31(51-3)22-33(29)53-5/h17-22,27H,6-16,23-26H2,1-5H3,(H3,40,42,44,46,48)(H3,41,43,45,47,49). The van der Waals surface area contributed by atoms with Gasteiger partial charge in [-0.2, -0.15) is 29.9 Å². The van der Waals surface area contributed by atoms with Crippen LogP contribution in [-0.2, 0) is 13.1 Å². The summed E-state index contributed by atoms with van der Waals surface area (Å²) in [4.78, 5) is 25.8. The summed E-state index contributed by atoms with van der Waals surface area (Å²) in [5.74, 6) is 3.30. The summed E-state index contributed by atoms with van der Waals surface area (Å²) in [5, 5.41) is 6.37. The maximum absolute atomic E-state index is 6.11. The molecule has 16 nitrogen and oxygen atoms in total. The molecule has 0 atom stereocenters. The van der Waals surface area contributed by atoms with Gasteiger partial charge in [0.2, 0.25) is 23.8 Å². The Kier molecular flexibility index (Phi) is 17.9. The molecule has 0 aliphatic rings. The van der Waals surface area contributed by atoms with E-state index in [2.05, 4.69) is 47.5 Å². The third kappa shape index (κ3) is 14.7. The van der Waals surface area contributed by atoms with E-state index in [9.17, 15) is 0 Å². The van der Waals surface area contributed by atoms with Crippen molar-refractivity contribution in [3.8, 4) is 35.0 Å². The van der Waals surface area contributed by atoms with Crippen LogP contribution in [0.5, 0.6) is 35.0 Å². The second kappa shape index (κ2) is 23.3. The highest BCUT2D eigenvalue weighted by Crippen LogP contribution is 2.27. The van der Waals surface area contributed by atoms with Gasteiger partial charge in [-0.1, -0.05) is 71.1 Å². The van der Waals surface area contributed by atoms with E-state index < -0.39 is 0 Å². The summed E-state index contributed by atoms with van der Waals surface area (Å²) in [5.41, 5.74) is 13.9. The van der Waals surface area contributed by atoms with Crippen LogP contribution in [0.15, 0.2) is 36.4 Å². The predicted molar refractivity (Wildman–Crippen MR) is 213 cm³/mol. The Morgan fingerprint density at radius 3 is 1.40 bits per heavy atom. The second-order valence-corrected chi connectivity index (χ2v) is 13.1. The average Bonchev–Trinajstić information content (AvgIpc) is 3.20. The van der Waals surface area contributed by atoms with Gasteiger partial charge in [0.05, 0.1) is 41.7 Å². The molecule has 0 bridgehead atoms. The highest BCUT2D eigenvalue weighted by atomic mass is 16.5. The molecule has 0 aliphatic heterocycles. The molecular formula is C39H58N10O6. The van der Waals surface area contributed by atoms with Gasteiger partial charge >= 0.3 is 12.0 Å². The summed E-state index contributed by atoms with van der Waals surface area (Å²) < 4.78 is 33.8. The van der Waals surface area contributed by atoms with Crippen molar-refractivity contribution in [3.63, 3.8) is 0 Å². The maximum Gasteiger partial charge on any atom is 0.323 e. The van der Waals surface area contributed by atoms with Gasteiger partial charge < -0.3 is 50.5 Å². The minimum atomic E-state index is -0.0371. The Bertz CT molecular complexity index is 1620. The number of anilines is 4. The quantitative estimate of drug-likeness (QED) is 0.0457. The molecule has 16 heteroatoms. The minimum Gasteiger partial charge on any atom is -0.497 e. The second-order valence-electron chi connectivity index (χ2n) is 13.1. The minimum absolute atomic E-state index is 0.0321. The van der Waals surface area contributed by atoms with E-state index in [0.29, 0.717) is 36.1 Å². The van der Waals surface area contributed by atoms with Crippen molar-refractivity contribution in [2.75, 3.05) is 63.8 Å². The Balaban J connectivity index is 1.37. The van der Waals surface area contributed by atoms with Crippen LogP contribution < -0.4 is 50.5 Å². The monoisotopic (exact) mass is 762 g/mol. The van der Waals surface area contributed by atoms with Gasteiger partial charge in [0.1, 0.15) is 23.0 Å². The van der Waals surface area contributed by atoms with E-state index in [1.807, 2.05) is 36.4 Å². The molecule has 2 aromatic carbocycles. The molecule has 4 aromatic rings. The van der Waals surface area contributed by atoms with Crippen LogP contribution >= 0.6 is 0 Å². The molecule has 0 aliphatic carbocycles. The van der Waals surface area contributed by atoms with Crippen molar-refractivity contribution in [2.24, 2.45) is 5.92 Å². The number of aromatic nitrogens is 6. The Hall–Kier alpha value is -5.54. The number of nitrogens with two attached hydrogens (primary N) is 2. The number of methoxy groups -OCH3 is 4. The number of rotatable bonds is 27. The third-order valence-corrected chi connectivity index (χ3v) is 8.99. The highest BCUT2D eigenvalue weighted by molar-refractivity contribution is 5.44. The van der Waals surface area contributed by atoms with E-state index in [-0.39, 0.29) is 54.9 Å². The fraction of sp³-hybridized carbons (Fsp3) is 0.538. The van der Waals surface area contributed by atoms with Crippen molar-refractivity contribution in [1.82, 2.24) is 29.9 Å². The summed E-state index contributed by atoms with van der Waals surface area (Å²) in [6.45, 7) is 3.55. The molecule has 0 saturated heterocycles. The number of nitrogen functional groups attached to an aromatic ring is 2. The number of nitrogens with one attached hydrogen (secondary N) is 2. The number of ether oxygens (including phenoxy) is 6. The van der Waals surface area contributed by atoms with E-state index in [4.69, 9.17) is 39.9 Å². The van der Waals surface area contributed by atoms with Gasteiger partial charge in [-0.05, 0) is 30.7 Å². The Morgan fingerprint density at radius 2 is 0.982 bits per heavy atom. The van der Waals surface area contributed by atoms with Gasteiger partial charge in [-0.15, -0.1) is 0 Å². The SMILES string of the molecule is CCCCCCCCCCCCC(COc1nc(N)nc(NCc2ccc(OC)cc2OC)n1)COc1nc(N)nc(NCc2ccc(OC)cc2OC)n1. The van der Waals surface area contributed by atoms with Crippen molar-refractivity contribution in [2.45, 2.75) is 90.6 Å². The largest absolute Gasteiger partial charge is 0.497 e. The average molecular weight is 763 g/mol. The molecule has 0 fully saturated rings. The van der Waals surface area contributed by atoms with Crippen LogP contribution in [0.3, 0.4) is 0 Å². The molecule has 0 unspecified atom stereocenters. The molecule has 0 amide bonds. The third-order valence-electron chi connectivity index (χ3n) is 8.99. The lowest BCUT2D eigenvalue weighted by Gasteiger charge is -2.18. The van der Waals surface area contributed by atoms with E-state index in [1.54, 1.807) is 28.4 Å². The lowest BCUT2D eigenvalue weighted by molar-refractivity contribution is 0.153. The fourth-order valence-corrected chi connectivity index (χ4v) is 5.90. The first-order valence-corrected chi connectivity index (χ1v) is 19.0.